The average molecular weight is 1490 g/mol. The standard InChI is InChI=1S/C25H44O8.3C14H28S3.C3H6S3/c1-21(2,3)17(26)30-13-25(14-31-18(27)22(4,5)6,15-32-19(28)23(7,8)9)16-33-20(29)24(10,11)12;3*1-3-4-5-6-7-8-9-10-11-12-13-17-14(15)16-2;1-5-3(4)6-2/h13-16H2,1-12H3;3*3-13H2,1-2H3;1-2H3. The van der Waals surface area contributed by atoms with Crippen LogP contribution in [0.15, 0.2) is 0 Å². The molecule has 0 aromatic rings. The highest BCUT2D eigenvalue weighted by atomic mass is 32.2. The first kappa shape index (κ1) is 99.7. The molecule has 0 aromatic heterocycles. The Kier molecular flexibility index (Phi) is 73.1. The molecule has 0 aromatic carbocycles. The molecule has 0 N–H and O–H groups in total. The molecule has 0 bridgehead atoms. The fourth-order valence-electron chi connectivity index (χ4n) is 7.49. The lowest BCUT2D eigenvalue weighted by Crippen LogP contribution is -2.46. The minimum Gasteiger partial charge on any atom is -0.464 e. The molecule has 0 heterocycles. The second kappa shape index (κ2) is 65.9. The zero-order chi connectivity index (χ0) is 69.8. The average Bonchev–Trinajstić information content (AvgIpc) is 1.02. The molecule has 0 fully saturated rings. The van der Waals surface area contributed by atoms with E-state index < -0.39 is 51.0 Å². The zero-order valence-electron chi connectivity index (χ0n) is 60.8. The summed E-state index contributed by atoms with van der Waals surface area (Å²) in [5.41, 5.74) is -4.39. The van der Waals surface area contributed by atoms with Crippen molar-refractivity contribution in [1.82, 2.24) is 0 Å². The van der Waals surface area contributed by atoms with Gasteiger partial charge in [0.1, 0.15) is 46.0 Å². The second-order valence-electron chi connectivity index (χ2n) is 26.9. The summed E-state index contributed by atoms with van der Waals surface area (Å²) in [5, 5.41) is 0. The third-order valence-corrected chi connectivity index (χ3v) is 24.4. The first-order valence-electron chi connectivity index (χ1n) is 33.7. The van der Waals surface area contributed by atoms with E-state index in [0.717, 1.165) is 14.1 Å². The van der Waals surface area contributed by atoms with Crippen molar-refractivity contribution in [1.29, 1.82) is 0 Å². The Bertz CT molecular complexity index is 1570. The topological polar surface area (TPSA) is 105 Å². The second-order valence-corrected chi connectivity index (χ2v) is 39.0. The van der Waals surface area contributed by atoms with E-state index in [4.69, 9.17) is 67.8 Å². The maximum atomic E-state index is 12.5. The van der Waals surface area contributed by atoms with E-state index in [1.807, 2.05) is 47.8 Å². The van der Waals surface area contributed by atoms with Crippen molar-refractivity contribution in [3.05, 3.63) is 0 Å². The molecule has 0 saturated heterocycles. The van der Waals surface area contributed by atoms with Crippen LogP contribution in [0.3, 0.4) is 0 Å². The van der Waals surface area contributed by atoms with Gasteiger partial charge in [-0.25, -0.2) is 0 Å². The van der Waals surface area contributed by atoms with Crippen LogP contribution in [0.5, 0.6) is 0 Å². The van der Waals surface area contributed by atoms with Crippen LogP contribution in [-0.4, -0.2) is 113 Å². The van der Waals surface area contributed by atoms with Gasteiger partial charge in [0.25, 0.3) is 0 Å². The lowest BCUT2D eigenvalue weighted by molar-refractivity contribution is -0.181. The summed E-state index contributed by atoms with van der Waals surface area (Å²) < 4.78 is 26.4. The Labute approximate surface area is 611 Å². The van der Waals surface area contributed by atoms with Gasteiger partial charge >= 0.3 is 23.9 Å². The Morgan fingerprint density at radius 3 is 0.556 bits per heavy atom. The number of carbonyl (C=O) groups is 4. The summed E-state index contributed by atoms with van der Waals surface area (Å²) >= 11 is 34.1. The third kappa shape index (κ3) is 71.8. The van der Waals surface area contributed by atoms with Gasteiger partial charge in [-0.3, -0.25) is 19.2 Å². The van der Waals surface area contributed by atoms with E-state index in [9.17, 15) is 19.2 Å². The van der Waals surface area contributed by atoms with Gasteiger partial charge in [-0.1, -0.05) is 243 Å². The van der Waals surface area contributed by atoms with Crippen LogP contribution in [-0.2, 0) is 38.1 Å². The summed E-state index contributed by atoms with van der Waals surface area (Å²) in [5.74, 6) is 1.70. The molecule has 0 rings (SSSR count). The minimum absolute atomic E-state index is 0.268. The largest absolute Gasteiger partial charge is 0.464 e. The lowest BCUT2D eigenvalue weighted by Gasteiger charge is -2.34. The molecule has 534 valence electrons. The summed E-state index contributed by atoms with van der Waals surface area (Å²) in [4.78, 5) is 49.8. The number of unbranched alkanes of at least 4 members (excludes halogenated alkanes) is 27. The fourth-order valence-corrected chi connectivity index (χ4v) is 12.6. The molecule has 0 unspecified atom stereocenters. The lowest BCUT2D eigenvalue weighted by atomic mass is 9.90. The van der Waals surface area contributed by atoms with Crippen molar-refractivity contribution < 1.29 is 38.1 Å². The molecule has 0 radical (unpaired) electrons. The minimum atomic E-state index is -1.27. The van der Waals surface area contributed by atoms with Gasteiger partial charge in [-0.2, -0.15) is 0 Å². The van der Waals surface area contributed by atoms with Crippen molar-refractivity contribution in [2.75, 3.05) is 75.0 Å². The molecule has 8 nitrogen and oxygen atoms in total. The van der Waals surface area contributed by atoms with Gasteiger partial charge in [0.2, 0.25) is 0 Å². The van der Waals surface area contributed by atoms with Crippen LogP contribution >= 0.6 is 143 Å². The highest BCUT2D eigenvalue weighted by Gasteiger charge is 2.42. The van der Waals surface area contributed by atoms with Crippen molar-refractivity contribution >= 4 is 181 Å². The monoisotopic (exact) mass is 1490 g/mol. The summed E-state index contributed by atoms with van der Waals surface area (Å²) in [7, 11) is 0. The maximum Gasteiger partial charge on any atom is 0.311 e. The van der Waals surface area contributed by atoms with Crippen molar-refractivity contribution in [2.45, 2.75) is 296 Å². The first-order valence-corrected chi connectivity index (χ1v) is 44.4. The van der Waals surface area contributed by atoms with E-state index in [1.54, 1.807) is 142 Å². The Morgan fingerprint density at radius 1 is 0.267 bits per heavy atom. The molecule has 90 heavy (non-hydrogen) atoms. The first-order chi connectivity index (χ1) is 42.2. The highest BCUT2D eigenvalue weighted by molar-refractivity contribution is 8.48. The number of carbonyl (C=O) groups excluding carboxylic acids is 4. The molecule has 0 atom stereocenters. The number of rotatable bonds is 41. The van der Waals surface area contributed by atoms with Crippen LogP contribution in [0.25, 0.3) is 0 Å². The number of hydrogen-bond donors (Lipinski definition) is 0. The van der Waals surface area contributed by atoms with Crippen molar-refractivity contribution in [2.24, 2.45) is 27.1 Å². The molecule has 0 aliphatic carbocycles. The van der Waals surface area contributed by atoms with Crippen LogP contribution < -0.4 is 0 Å². The van der Waals surface area contributed by atoms with Gasteiger partial charge < -0.3 is 18.9 Å². The summed E-state index contributed by atoms with van der Waals surface area (Å²) in [6.07, 6.45) is 52.6. The number of ether oxygens (including phenoxy) is 4. The van der Waals surface area contributed by atoms with Crippen molar-refractivity contribution in [3.63, 3.8) is 0 Å². The predicted molar refractivity (Wildman–Crippen MR) is 435 cm³/mol. The Balaban J connectivity index is -0.000000362. The molecular weight excluding hydrogens is 1350 g/mol. The number of hydrogen-bond acceptors (Lipinski definition) is 20. The fraction of sp³-hybridized carbons (Fsp3) is 0.886. The van der Waals surface area contributed by atoms with Gasteiger partial charge in [0.05, 0.1) is 21.7 Å². The smallest absolute Gasteiger partial charge is 0.311 e. The van der Waals surface area contributed by atoms with Gasteiger partial charge in [0.15, 0.2) is 0 Å². The molecule has 0 aliphatic heterocycles. The zero-order valence-corrected chi connectivity index (χ0v) is 70.6. The van der Waals surface area contributed by atoms with Gasteiger partial charge in [-0.05, 0) is 151 Å². The maximum absolute atomic E-state index is 12.5. The van der Waals surface area contributed by atoms with E-state index in [-0.39, 0.29) is 26.4 Å². The predicted octanol–water partition coefficient (Wildman–Crippen LogP) is 25.2. The number of thioether (sulfide) groups is 8. The molecule has 0 aliphatic rings. The third-order valence-electron chi connectivity index (χ3n) is 13.5. The van der Waals surface area contributed by atoms with E-state index in [1.165, 1.54) is 210 Å². The quantitative estimate of drug-likeness (QED) is 0.0251. The summed E-state index contributed by atoms with van der Waals surface area (Å²) in [6, 6.07) is 0. The van der Waals surface area contributed by atoms with Crippen LogP contribution in [0.1, 0.15) is 296 Å². The van der Waals surface area contributed by atoms with E-state index in [2.05, 4.69) is 39.5 Å². The molecule has 0 saturated carbocycles. The van der Waals surface area contributed by atoms with E-state index >= 15 is 0 Å². The van der Waals surface area contributed by atoms with Crippen molar-refractivity contribution in [3.8, 4) is 0 Å². The van der Waals surface area contributed by atoms with Crippen LogP contribution in [0.2, 0.25) is 0 Å². The SMILES string of the molecule is CC(C)(C)C(=O)OCC(COC(=O)C(C)(C)C)(COC(=O)C(C)(C)C)COC(=O)C(C)(C)C.CCCCCCCCCCCCSC(=S)SC.CCCCCCCCCCCCSC(=S)SC.CCCCCCCCCCCCSC(=S)SC.CSC(=S)SC. The van der Waals surface area contributed by atoms with Crippen LogP contribution in [0, 0.1) is 27.1 Å². The number of thiocarbonyl (C=S) groups is 4. The van der Waals surface area contributed by atoms with Crippen LogP contribution in [0.4, 0.5) is 0 Å². The normalized spacial score (nSPS) is 11.5. The highest BCUT2D eigenvalue weighted by Crippen LogP contribution is 2.29. The summed E-state index contributed by atoms with van der Waals surface area (Å²) in [6.45, 7) is 26.2. The van der Waals surface area contributed by atoms with Gasteiger partial charge in [-0.15, -0.1) is 94.1 Å². The molecular formula is C70H134O8S12. The number of esters is 4. The Morgan fingerprint density at radius 2 is 0.422 bits per heavy atom. The molecule has 0 spiro atoms. The molecule has 0 amide bonds. The molecule has 20 heteroatoms. The Hall–Kier alpha value is 1.04. The van der Waals surface area contributed by atoms with E-state index in [0.29, 0.717) is 0 Å². The van der Waals surface area contributed by atoms with Gasteiger partial charge in [0, 0.05) is 0 Å².